The number of hydrogen-bond acceptors (Lipinski definition) is 3. The topological polar surface area (TPSA) is 3.24 Å². The molecule has 9 aromatic carbocycles. The van der Waals surface area contributed by atoms with Crippen LogP contribution in [0, 0.1) is 0 Å². The van der Waals surface area contributed by atoms with Gasteiger partial charge in [-0.3, -0.25) is 0 Å². The van der Waals surface area contributed by atoms with Gasteiger partial charge in [-0.2, -0.15) is 0 Å². The van der Waals surface area contributed by atoms with Crippen LogP contribution < -0.4 is 4.90 Å². The molecule has 0 N–H and O–H groups in total. The van der Waals surface area contributed by atoms with E-state index >= 15 is 0 Å². The first-order chi connectivity index (χ1) is 27.3. The number of para-hydroxylation sites is 2. The minimum atomic E-state index is 1.11. The number of rotatable bonds is 6. The Morgan fingerprint density at radius 1 is 0.309 bits per heavy atom. The highest BCUT2D eigenvalue weighted by atomic mass is 32.1. The summed E-state index contributed by atoms with van der Waals surface area (Å²) in [5, 5.41) is 7.71. The normalized spacial score (nSPS) is 11.6. The van der Waals surface area contributed by atoms with E-state index in [1.54, 1.807) is 0 Å². The molecule has 55 heavy (non-hydrogen) atoms. The predicted molar refractivity (Wildman–Crippen MR) is 241 cm³/mol. The molecule has 0 unspecified atom stereocenters. The van der Waals surface area contributed by atoms with Gasteiger partial charge in [-0.1, -0.05) is 152 Å². The third-order valence-electron chi connectivity index (χ3n) is 10.9. The van der Waals surface area contributed by atoms with Crippen molar-refractivity contribution in [3.63, 3.8) is 0 Å². The van der Waals surface area contributed by atoms with E-state index in [0.717, 1.165) is 17.1 Å². The Hall–Kier alpha value is -6.52. The lowest BCUT2D eigenvalue weighted by Crippen LogP contribution is -2.12. The highest BCUT2D eigenvalue weighted by molar-refractivity contribution is 7.26. The summed E-state index contributed by atoms with van der Waals surface area (Å²) < 4.78 is 5.23. The summed E-state index contributed by atoms with van der Waals surface area (Å²) in [6.45, 7) is 0. The van der Waals surface area contributed by atoms with Crippen molar-refractivity contribution in [3.8, 4) is 33.4 Å². The van der Waals surface area contributed by atoms with Crippen molar-refractivity contribution < 1.29 is 0 Å². The molecule has 0 atom stereocenters. The van der Waals surface area contributed by atoms with E-state index in [9.17, 15) is 0 Å². The maximum Gasteiger partial charge on any atom is 0.0540 e. The zero-order valence-electron chi connectivity index (χ0n) is 29.8. The Bertz CT molecular complexity index is 3230. The summed E-state index contributed by atoms with van der Waals surface area (Å²) in [6, 6.07) is 73.5. The molecular weight excluding hydrogens is 703 g/mol. The fourth-order valence-corrected chi connectivity index (χ4v) is 10.8. The molecule has 0 amide bonds. The highest BCUT2D eigenvalue weighted by Crippen LogP contribution is 2.49. The highest BCUT2D eigenvalue weighted by Gasteiger charge is 2.23. The number of thiophene rings is 2. The Morgan fingerprint density at radius 2 is 0.764 bits per heavy atom. The molecule has 258 valence electrons. The molecule has 0 aliphatic carbocycles. The van der Waals surface area contributed by atoms with Gasteiger partial charge in [0, 0.05) is 57.2 Å². The van der Waals surface area contributed by atoms with Crippen LogP contribution in [0.4, 0.5) is 17.1 Å². The van der Waals surface area contributed by atoms with Crippen molar-refractivity contribution in [2.45, 2.75) is 0 Å². The minimum Gasteiger partial charge on any atom is -0.309 e. The van der Waals surface area contributed by atoms with Crippen LogP contribution in [0.3, 0.4) is 0 Å². The van der Waals surface area contributed by atoms with Gasteiger partial charge in [0.25, 0.3) is 0 Å². The monoisotopic (exact) mass is 735 g/mol. The second kappa shape index (κ2) is 13.1. The van der Waals surface area contributed by atoms with Gasteiger partial charge in [-0.25, -0.2) is 0 Å². The first kappa shape index (κ1) is 32.0. The van der Waals surface area contributed by atoms with E-state index in [2.05, 4.69) is 205 Å². The summed E-state index contributed by atoms with van der Waals surface area (Å²) in [4.78, 5) is 2.50. The lowest BCUT2D eigenvalue weighted by Gasteiger charge is -2.30. The van der Waals surface area contributed by atoms with E-state index in [0.29, 0.717) is 0 Å². The molecule has 0 bridgehead atoms. The average molecular weight is 736 g/mol. The molecule has 0 aliphatic rings. The molecule has 0 spiro atoms. The lowest BCUT2D eigenvalue weighted by molar-refractivity contribution is 1.29. The van der Waals surface area contributed by atoms with E-state index in [4.69, 9.17) is 0 Å². The lowest BCUT2D eigenvalue weighted by atomic mass is 9.94. The van der Waals surface area contributed by atoms with Crippen LogP contribution in [0.2, 0.25) is 0 Å². The summed E-state index contributed by atoms with van der Waals surface area (Å²) in [5.41, 5.74) is 10.7. The Labute approximate surface area is 327 Å². The van der Waals surface area contributed by atoms with Crippen molar-refractivity contribution in [1.82, 2.24) is 0 Å². The van der Waals surface area contributed by atoms with Crippen molar-refractivity contribution >= 4 is 90.9 Å². The Balaban J connectivity index is 1.19. The second-order valence-electron chi connectivity index (χ2n) is 14.0. The number of fused-ring (bicyclic) bond motifs is 7. The van der Waals surface area contributed by atoms with E-state index in [-0.39, 0.29) is 0 Å². The van der Waals surface area contributed by atoms with E-state index in [1.807, 2.05) is 22.7 Å². The average Bonchev–Trinajstić information content (AvgIpc) is 3.83. The molecular formula is C52H33NS2. The van der Waals surface area contributed by atoms with Gasteiger partial charge in [0.05, 0.1) is 11.4 Å². The first-order valence-electron chi connectivity index (χ1n) is 18.7. The molecule has 0 saturated carbocycles. The van der Waals surface area contributed by atoms with Gasteiger partial charge in [0.1, 0.15) is 0 Å². The minimum absolute atomic E-state index is 1.11. The quantitative estimate of drug-likeness (QED) is 0.164. The van der Waals surface area contributed by atoms with Gasteiger partial charge in [-0.15, -0.1) is 22.7 Å². The molecule has 3 heteroatoms. The zero-order valence-corrected chi connectivity index (χ0v) is 31.4. The van der Waals surface area contributed by atoms with Crippen LogP contribution >= 0.6 is 22.7 Å². The largest absolute Gasteiger partial charge is 0.309 e. The van der Waals surface area contributed by atoms with Crippen molar-refractivity contribution in [2.75, 3.05) is 4.90 Å². The van der Waals surface area contributed by atoms with Gasteiger partial charge in [-0.05, 0) is 81.6 Å². The first-order valence-corrected chi connectivity index (χ1v) is 20.3. The number of anilines is 3. The smallest absolute Gasteiger partial charge is 0.0540 e. The summed E-state index contributed by atoms with van der Waals surface area (Å²) in [5.74, 6) is 0. The van der Waals surface area contributed by atoms with Crippen LogP contribution in [0.15, 0.2) is 200 Å². The van der Waals surface area contributed by atoms with Crippen LogP contribution in [0.5, 0.6) is 0 Å². The van der Waals surface area contributed by atoms with Crippen LogP contribution in [-0.4, -0.2) is 0 Å². The van der Waals surface area contributed by atoms with Crippen molar-refractivity contribution in [1.29, 1.82) is 0 Å². The second-order valence-corrected chi connectivity index (χ2v) is 16.2. The maximum absolute atomic E-state index is 2.50. The summed E-state index contributed by atoms with van der Waals surface area (Å²) in [7, 11) is 0. The summed E-state index contributed by atoms with van der Waals surface area (Å²) in [6.07, 6.45) is 0. The van der Waals surface area contributed by atoms with E-state index < -0.39 is 0 Å². The number of nitrogens with zero attached hydrogens (tertiary/aromatic N) is 1. The third-order valence-corrected chi connectivity index (χ3v) is 13.2. The number of benzene rings is 9. The van der Waals surface area contributed by atoms with Gasteiger partial charge in [0.15, 0.2) is 0 Å². The van der Waals surface area contributed by atoms with Crippen molar-refractivity contribution in [3.05, 3.63) is 200 Å². The molecule has 0 radical (unpaired) electrons. The third kappa shape index (κ3) is 5.27. The molecule has 1 nitrogen and oxygen atoms in total. The molecule has 2 aromatic heterocycles. The molecule has 11 aromatic rings. The van der Waals surface area contributed by atoms with Crippen LogP contribution in [0.1, 0.15) is 0 Å². The Morgan fingerprint density at radius 3 is 1.47 bits per heavy atom. The van der Waals surface area contributed by atoms with Crippen molar-refractivity contribution in [2.24, 2.45) is 0 Å². The SMILES string of the molecule is c1cc(-c2cccc3sc4ccccc4c23)cc(N(c2ccccc2-c2cccc3ccccc23)c2ccccc2-c2cccc3sc4ccccc4c23)c1. The molecule has 2 heterocycles. The molecule has 0 fully saturated rings. The Kier molecular flexibility index (Phi) is 7.61. The van der Waals surface area contributed by atoms with Crippen LogP contribution in [-0.2, 0) is 0 Å². The van der Waals surface area contributed by atoms with Gasteiger partial charge in [0.2, 0.25) is 0 Å². The van der Waals surface area contributed by atoms with E-state index in [1.165, 1.54) is 84.5 Å². The fourth-order valence-electron chi connectivity index (χ4n) is 8.49. The van der Waals surface area contributed by atoms with Gasteiger partial charge < -0.3 is 4.90 Å². The van der Waals surface area contributed by atoms with Crippen LogP contribution in [0.25, 0.3) is 84.5 Å². The maximum atomic E-state index is 2.50. The standard InChI is InChI=1S/C52H33NS2/c1-2-19-37-34(15-1)16-12-25-39(37)40-20-3-7-27-45(40)53(36-18-11-17-35(33-36)38-24-13-31-49-51(38)43-22-5-9-29-47(43)54-49)46-28-8-4-21-41(46)42-26-14-32-50-52(42)44-23-6-10-30-48(44)55-50/h1-33H. The van der Waals surface area contributed by atoms with Gasteiger partial charge >= 0.3 is 0 Å². The fraction of sp³-hybridized carbons (Fsp3) is 0. The molecule has 0 aliphatic heterocycles. The zero-order chi connectivity index (χ0) is 36.3. The molecule has 0 saturated heterocycles. The number of hydrogen-bond donors (Lipinski definition) is 0. The predicted octanol–water partition coefficient (Wildman–Crippen LogP) is 16.0. The molecule has 11 rings (SSSR count). The summed E-state index contributed by atoms with van der Waals surface area (Å²) >= 11 is 3.73.